The van der Waals surface area contributed by atoms with Crippen molar-refractivity contribution in [3.63, 3.8) is 0 Å². The summed E-state index contributed by atoms with van der Waals surface area (Å²) in [6.07, 6.45) is 2.61. The first-order chi connectivity index (χ1) is 12.1. The first-order valence-corrected chi connectivity index (χ1v) is 7.98. The number of rotatable bonds is 5. The summed E-state index contributed by atoms with van der Waals surface area (Å²) in [4.78, 5) is 23.6. The SMILES string of the molecule is CCc1ccc2occ(CC(=O)Oc3ccc(C(=O)OC)cc3)c2c1. The van der Waals surface area contributed by atoms with Crippen LogP contribution in [0, 0.1) is 0 Å². The van der Waals surface area contributed by atoms with Crippen LogP contribution in [0.15, 0.2) is 53.1 Å². The molecule has 0 aliphatic carbocycles. The molecule has 128 valence electrons. The minimum Gasteiger partial charge on any atom is -0.465 e. The Morgan fingerprint density at radius 2 is 1.84 bits per heavy atom. The molecule has 0 saturated heterocycles. The van der Waals surface area contributed by atoms with Gasteiger partial charge in [-0.1, -0.05) is 13.0 Å². The second kappa shape index (κ2) is 7.21. The molecule has 3 aromatic rings. The van der Waals surface area contributed by atoms with Gasteiger partial charge in [0.15, 0.2) is 0 Å². The van der Waals surface area contributed by atoms with E-state index in [2.05, 4.69) is 11.7 Å². The Labute approximate surface area is 145 Å². The van der Waals surface area contributed by atoms with E-state index in [4.69, 9.17) is 9.15 Å². The maximum Gasteiger partial charge on any atom is 0.337 e. The Kier molecular flexibility index (Phi) is 4.84. The van der Waals surface area contributed by atoms with Crippen LogP contribution >= 0.6 is 0 Å². The average molecular weight is 338 g/mol. The standard InChI is InChI=1S/C20H18O5/c1-3-13-4-9-18-17(10-13)15(12-24-18)11-19(21)25-16-7-5-14(6-8-16)20(22)23-2/h4-10,12H,3,11H2,1-2H3. The lowest BCUT2D eigenvalue weighted by atomic mass is 10.1. The van der Waals surface area contributed by atoms with Crippen molar-refractivity contribution in [3.8, 4) is 5.75 Å². The van der Waals surface area contributed by atoms with Gasteiger partial charge < -0.3 is 13.9 Å². The van der Waals surface area contributed by atoms with Gasteiger partial charge in [-0.25, -0.2) is 4.79 Å². The second-order valence-electron chi connectivity index (χ2n) is 5.61. The summed E-state index contributed by atoms with van der Waals surface area (Å²) in [6, 6.07) is 12.2. The van der Waals surface area contributed by atoms with Crippen molar-refractivity contribution < 1.29 is 23.5 Å². The number of methoxy groups -OCH3 is 1. The second-order valence-corrected chi connectivity index (χ2v) is 5.61. The summed E-state index contributed by atoms with van der Waals surface area (Å²) in [5.41, 5.74) is 3.13. The molecule has 25 heavy (non-hydrogen) atoms. The van der Waals surface area contributed by atoms with Crippen LogP contribution in [-0.2, 0) is 22.4 Å². The number of benzene rings is 2. The lowest BCUT2D eigenvalue weighted by molar-refractivity contribution is -0.133. The van der Waals surface area contributed by atoms with Crippen LogP contribution in [0.2, 0.25) is 0 Å². The molecule has 5 nitrogen and oxygen atoms in total. The van der Waals surface area contributed by atoms with Crippen molar-refractivity contribution in [1.29, 1.82) is 0 Å². The van der Waals surface area contributed by atoms with Crippen LogP contribution in [0.4, 0.5) is 0 Å². The zero-order valence-electron chi connectivity index (χ0n) is 14.1. The molecule has 0 saturated carbocycles. The van der Waals surface area contributed by atoms with Gasteiger partial charge in [-0.3, -0.25) is 4.79 Å². The monoisotopic (exact) mass is 338 g/mol. The molecule has 0 amide bonds. The smallest absolute Gasteiger partial charge is 0.337 e. The quantitative estimate of drug-likeness (QED) is 0.521. The van der Waals surface area contributed by atoms with Crippen molar-refractivity contribution in [2.45, 2.75) is 19.8 Å². The average Bonchev–Trinajstić information content (AvgIpc) is 3.03. The van der Waals surface area contributed by atoms with Gasteiger partial charge in [0, 0.05) is 10.9 Å². The molecule has 1 heterocycles. The molecule has 0 aliphatic heterocycles. The Balaban J connectivity index is 1.71. The first kappa shape index (κ1) is 16.8. The highest BCUT2D eigenvalue weighted by Gasteiger charge is 2.13. The molecule has 0 atom stereocenters. The molecular weight excluding hydrogens is 320 g/mol. The van der Waals surface area contributed by atoms with Crippen molar-refractivity contribution in [2.75, 3.05) is 7.11 Å². The third-order valence-corrected chi connectivity index (χ3v) is 3.97. The number of aryl methyl sites for hydroxylation is 1. The van der Waals surface area contributed by atoms with Gasteiger partial charge in [0.05, 0.1) is 25.4 Å². The molecule has 0 bridgehead atoms. The van der Waals surface area contributed by atoms with Crippen molar-refractivity contribution in [1.82, 2.24) is 0 Å². The third-order valence-electron chi connectivity index (χ3n) is 3.97. The van der Waals surface area contributed by atoms with Crippen molar-refractivity contribution in [2.24, 2.45) is 0 Å². The summed E-state index contributed by atoms with van der Waals surface area (Å²) in [5, 5.41) is 0.928. The summed E-state index contributed by atoms with van der Waals surface area (Å²) >= 11 is 0. The molecule has 1 aromatic heterocycles. The number of esters is 2. The molecule has 0 radical (unpaired) electrons. The molecular formula is C20H18O5. The van der Waals surface area contributed by atoms with Gasteiger partial charge in [-0.15, -0.1) is 0 Å². The predicted octanol–water partition coefficient (Wildman–Crippen LogP) is 3.93. The molecule has 0 aliphatic rings. The fraction of sp³-hybridized carbons (Fsp3) is 0.200. The zero-order valence-corrected chi connectivity index (χ0v) is 14.1. The highest BCUT2D eigenvalue weighted by molar-refractivity contribution is 5.90. The van der Waals surface area contributed by atoms with E-state index in [0.717, 1.165) is 23.0 Å². The van der Waals surface area contributed by atoms with Gasteiger partial charge in [-0.05, 0) is 48.4 Å². The Hall–Kier alpha value is -3.08. The lowest BCUT2D eigenvalue weighted by Gasteiger charge is -2.05. The van der Waals surface area contributed by atoms with Crippen LogP contribution in [0.5, 0.6) is 5.75 Å². The predicted molar refractivity (Wildman–Crippen MR) is 92.7 cm³/mol. The van der Waals surface area contributed by atoms with Gasteiger partial charge in [-0.2, -0.15) is 0 Å². The number of fused-ring (bicyclic) bond motifs is 1. The molecule has 0 N–H and O–H groups in total. The first-order valence-electron chi connectivity index (χ1n) is 7.98. The molecule has 3 rings (SSSR count). The van der Waals surface area contributed by atoms with Gasteiger partial charge in [0.25, 0.3) is 0 Å². The van der Waals surface area contributed by atoms with E-state index in [0.29, 0.717) is 11.3 Å². The topological polar surface area (TPSA) is 65.7 Å². The number of hydrogen-bond acceptors (Lipinski definition) is 5. The number of carbonyl (C=O) groups excluding carboxylic acids is 2. The molecule has 2 aromatic carbocycles. The van der Waals surface area contributed by atoms with E-state index in [1.807, 2.05) is 18.2 Å². The molecule has 5 heteroatoms. The Morgan fingerprint density at radius 1 is 1.08 bits per heavy atom. The normalized spacial score (nSPS) is 10.6. The van der Waals surface area contributed by atoms with Crippen LogP contribution in [0.1, 0.15) is 28.4 Å². The van der Waals surface area contributed by atoms with E-state index < -0.39 is 11.9 Å². The highest BCUT2D eigenvalue weighted by atomic mass is 16.5. The summed E-state index contributed by atoms with van der Waals surface area (Å²) in [6.45, 7) is 2.08. The fourth-order valence-corrected chi connectivity index (χ4v) is 2.59. The minimum absolute atomic E-state index is 0.110. The van der Waals surface area contributed by atoms with Crippen molar-refractivity contribution in [3.05, 3.63) is 65.4 Å². The zero-order chi connectivity index (χ0) is 17.8. The van der Waals surface area contributed by atoms with E-state index >= 15 is 0 Å². The van der Waals surface area contributed by atoms with Crippen LogP contribution < -0.4 is 4.74 Å². The van der Waals surface area contributed by atoms with E-state index in [1.54, 1.807) is 30.5 Å². The summed E-state index contributed by atoms with van der Waals surface area (Å²) in [5.74, 6) is -0.454. The minimum atomic E-state index is -0.436. The fourth-order valence-electron chi connectivity index (χ4n) is 2.59. The van der Waals surface area contributed by atoms with Crippen LogP contribution in [0.25, 0.3) is 11.0 Å². The van der Waals surface area contributed by atoms with E-state index in [-0.39, 0.29) is 6.42 Å². The van der Waals surface area contributed by atoms with E-state index in [9.17, 15) is 9.59 Å². The summed E-state index contributed by atoms with van der Waals surface area (Å²) in [7, 11) is 1.31. The molecule has 0 fully saturated rings. The number of ether oxygens (including phenoxy) is 2. The van der Waals surface area contributed by atoms with Crippen molar-refractivity contribution >= 4 is 22.9 Å². The van der Waals surface area contributed by atoms with Gasteiger partial charge in [0.1, 0.15) is 11.3 Å². The number of hydrogen-bond donors (Lipinski definition) is 0. The van der Waals surface area contributed by atoms with Gasteiger partial charge in [0.2, 0.25) is 0 Å². The highest BCUT2D eigenvalue weighted by Crippen LogP contribution is 2.24. The lowest BCUT2D eigenvalue weighted by Crippen LogP contribution is -2.11. The van der Waals surface area contributed by atoms with Crippen LogP contribution in [-0.4, -0.2) is 19.0 Å². The maximum absolute atomic E-state index is 12.2. The number of carbonyl (C=O) groups is 2. The maximum atomic E-state index is 12.2. The Bertz CT molecular complexity index is 905. The Morgan fingerprint density at radius 3 is 2.52 bits per heavy atom. The molecule has 0 spiro atoms. The molecule has 0 unspecified atom stereocenters. The number of furan rings is 1. The largest absolute Gasteiger partial charge is 0.465 e. The van der Waals surface area contributed by atoms with E-state index in [1.165, 1.54) is 12.7 Å². The third kappa shape index (κ3) is 3.71. The summed E-state index contributed by atoms with van der Waals surface area (Å²) < 4.78 is 15.5. The van der Waals surface area contributed by atoms with Gasteiger partial charge >= 0.3 is 11.9 Å². The van der Waals surface area contributed by atoms with Crippen LogP contribution in [0.3, 0.4) is 0 Å².